The van der Waals surface area contributed by atoms with Gasteiger partial charge in [-0.2, -0.15) is 5.26 Å². The lowest BCUT2D eigenvalue weighted by Crippen LogP contribution is -2.49. The summed E-state index contributed by atoms with van der Waals surface area (Å²) in [4.78, 5) is 14.3. The lowest BCUT2D eigenvalue weighted by Gasteiger charge is -2.35. The zero-order valence-corrected chi connectivity index (χ0v) is 13.7. The molecule has 1 aliphatic rings. The summed E-state index contributed by atoms with van der Waals surface area (Å²) in [5.74, 6) is -0.0852. The van der Waals surface area contributed by atoms with Crippen molar-refractivity contribution in [1.82, 2.24) is 19.9 Å². The van der Waals surface area contributed by atoms with Crippen molar-refractivity contribution in [3.63, 3.8) is 0 Å². The van der Waals surface area contributed by atoms with Gasteiger partial charge in [0.1, 0.15) is 18.3 Å². The van der Waals surface area contributed by atoms with Crippen LogP contribution in [0.4, 0.5) is 0 Å². The van der Waals surface area contributed by atoms with Gasteiger partial charge in [-0.25, -0.2) is 4.68 Å². The van der Waals surface area contributed by atoms with Crippen LogP contribution in [0.5, 0.6) is 0 Å². The zero-order valence-electron chi connectivity index (χ0n) is 13.7. The highest BCUT2D eigenvalue weighted by molar-refractivity contribution is 5.76. The third-order valence-electron chi connectivity index (χ3n) is 3.95. The van der Waals surface area contributed by atoms with Gasteiger partial charge in [-0.1, -0.05) is 35.5 Å². The highest BCUT2D eigenvalue weighted by Crippen LogP contribution is 2.20. The van der Waals surface area contributed by atoms with Crippen LogP contribution in [0.2, 0.25) is 0 Å². The van der Waals surface area contributed by atoms with Gasteiger partial charge in [0.05, 0.1) is 12.2 Å². The number of carbonyl (C=O) groups excluding carboxylic acids is 1. The van der Waals surface area contributed by atoms with Crippen molar-refractivity contribution in [1.29, 1.82) is 5.26 Å². The Morgan fingerprint density at radius 1 is 1.29 bits per heavy atom. The predicted octanol–water partition coefficient (Wildman–Crippen LogP) is 1.45. The Balaban J connectivity index is 1.80. The van der Waals surface area contributed by atoms with Crippen molar-refractivity contribution in [2.45, 2.75) is 32.6 Å². The van der Waals surface area contributed by atoms with Gasteiger partial charge >= 0.3 is 0 Å². The first-order valence-corrected chi connectivity index (χ1v) is 7.90. The van der Waals surface area contributed by atoms with Crippen LogP contribution >= 0.6 is 0 Å². The molecule has 0 N–H and O–H groups in total. The molecule has 1 amide bonds. The van der Waals surface area contributed by atoms with Crippen molar-refractivity contribution in [3.8, 4) is 17.3 Å². The quantitative estimate of drug-likeness (QED) is 0.853. The van der Waals surface area contributed by atoms with E-state index >= 15 is 0 Å². The van der Waals surface area contributed by atoms with Crippen LogP contribution in [-0.4, -0.2) is 51.1 Å². The van der Waals surface area contributed by atoms with Crippen LogP contribution in [0.25, 0.3) is 11.3 Å². The molecule has 2 unspecified atom stereocenters. The number of nitriles is 1. The van der Waals surface area contributed by atoms with Crippen molar-refractivity contribution < 1.29 is 9.53 Å². The second-order valence-electron chi connectivity index (χ2n) is 5.98. The normalized spacial score (nSPS) is 20.6. The van der Waals surface area contributed by atoms with Crippen LogP contribution in [0.15, 0.2) is 30.3 Å². The van der Waals surface area contributed by atoms with E-state index in [-0.39, 0.29) is 24.7 Å². The summed E-state index contributed by atoms with van der Waals surface area (Å²) >= 11 is 0. The van der Waals surface area contributed by atoms with Crippen LogP contribution in [0.1, 0.15) is 19.5 Å². The molecule has 24 heavy (non-hydrogen) atoms. The molecular formula is C17H19N5O2. The average Bonchev–Trinajstić information content (AvgIpc) is 2.97. The number of amides is 1. The first-order valence-electron chi connectivity index (χ1n) is 7.90. The van der Waals surface area contributed by atoms with E-state index in [9.17, 15) is 10.1 Å². The van der Waals surface area contributed by atoms with Gasteiger partial charge in [0.2, 0.25) is 5.91 Å². The van der Waals surface area contributed by atoms with Crippen molar-refractivity contribution in [3.05, 3.63) is 36.0 Å². The Kier molecular flexibility index (Phi) is 4.58. The number of carbonyl (C=O) groups is 1. The summed E-state index contributed by atoms with van der Waals surface area (Å²) in [7, 11) is 0. The van der Waals surface area contributed by atoms with E-state index in [1.165, 1.54) is 4.68 Å². The molecular weight excluding hydrogens is 306 g/mol. The van der Waals surface area contributed by atoms with E-state index in [0.717, 1.165) is 5.56 Å². The first kappa shape index (κ1) is 16.1. The SMILES string of the molecule is CC1CN(C(=O)Cn2nnc(-c3ccccc3)c2C#N)CC(C)O1. The third kappa shape index (κ3) is 3.29. The molecule has 1 aromatic carbocycles. The largest absolute Gasteiger partial charge is 0.372 e. The molecule has 1 aliphatic heterocycles. The fourth-order valence-corrected chi connectivity index (χ4v) is 2.93. The minimum absolute atomic E-state index is 0.00215. The highest BCUT2D eigenvalue weighted by atomic mass is 16.5. The van der Waals surface area contributed by atoms with E-state index in [2.05, 4.69) is 16.4 Å². The monoisotopic (exact) mass is 325 g/mol. The molecule has 0 spiro atoms. The summed E-state index contributed by atoms with van der Waals surface area (Å²) < 4.78 is 7.01. The molecule has 0 bridgehead atoms. The van der Waals surface area contributed by atoms with Gasteiger partial charge in [-0.15, -0.1) is 5.10 Å². The number of rotatable bonds is 3. The standard InChI is InChI=1S/C17H19N5O2/c1-12-9-21(10-13(2)24-12)16(23)11-22-15(8-18)17(19-20-22)14-6-4-3-5-7-14/h3-7,12-13H,9-11H2,1-2H3. The van der Waals surface area contributed by atoms with Gasteiger partial charge < -0.3 is 9.64 Å². The van der Waals surface area contributed by atoms with Gasteiger partial charge in [0.25, 0.3) is 0 Å². The molecule has 7 nitrogen and oxygen atoms in total. The highest BCUT2D eigenvalue weighted by Gasteiger charge is 2.27. The molecule has 1 saturated heterocycles. The molecule has 124 valence electrons. The molecule has 0 aliphatic carbocycles. The van der Waals surface area contributed by atoms with Crippen molar-refractivity contribution in [2.24, 2.45) is 0 Å². The maximum atomic E-state index is 12.5. The molecule has 0 radical (unpaired) electrons. The maximum absolute atomic E-state index is 12.5. The van der Waals surface area contributed by atoms with Crippen molar-refractivity contribution >= 4 is 5.91 Å². The molecule has 1 fully saturated rings. The Hall–Kier alpha value is -2.72. The molecule has 2 aromatic rings. The average molecular weight is 325 g/mol. The zero-order chi connectivity index (χ0) is 17.1. The molecule has 1 aromatic heterocycles. The van der Waals surface area contributed by atoms with Gasteiger partial charge in [-0.3, -0.25) is 4.79 Å². The summed E-state index contributed by atoms with van der Waals surface area (Å²) in [5.41, 5.74) is 1.60. The molecule has 2 heterocycles. The smallest absolute Gasteiger partial charge is 0.244 e. The Morgan fingerprint density at radius 3 is 2.58 bits per heavy atom. The number of nitrogens with zero attached hydrogens (tertiary/aromatic N) is 5. The number of benzene rings is 1. The maximum Gasteiger partial charge on any atom is 0.244 e. The minimum atomic E-state index is -0.0852. The fraction of sp³-hybridized carbons (Fsp3) is 0.412. The number of aromatic nitrogens is 3. The minimum Gasteiger partial charge on any atom is -0.372 e. The molecule has 2 atom stereocenters. The van der Waals surface area contributed by atoms with Crippen LogP contribution in [-0.2, 0) is 16.1 Å². The van der Waals surface area contributed by atoms with Crippen molar-refractivity contribution in [2.75, 3.05) is 13.1 Å². The van der Waals surface area contributed by atoms with Gasteiger partial charge in [0.15, 0.2) is 5.69 Å². The van der Waals surface area contributed by atoms with E-state index in [0.29, 0.717) is 24.5 Å². The fourth-order valence-electron chi connectivity index (χ4n) is 2.93. The van der Waals surface area contributed by atoms with E-state index in [1.54, 1.807) is 4.90 Å². The number of ether oxygens (including phenoxy) is 1. The number of hydrogen-bond acceptors (Lipinski definition) is 5. The van der Waals surface area contributed by atoms with Gasteiger partial charge in [0, 0.05) is 18.7 Å². The lowest BCUT2D eigenvalue weighted by molar-refractivity contribution is -0.144. The Labute approximate surface area is 140 Å². The third-order valence-corrected chi connectivity index (χ3v) is 3.95. The first-order chi connectivity index (χ1) is 11.6. The molecule has 7 heteroatoms. The topological polar surface area (TPSA) is 84.0 Å². The Bertz CT molecular complexity index is 755. The lowest BCUT2D eigenvalue weighted by atomic mass is 10.1. The van der Waals surface area contributed by atoms with E-state index in [1.807, 2.05) is 44.2 Å². The second kappa shape index (κ2) is 6.81. The Morgan fingerprint density at radius 2 is 1.96 bits per heavy atom. The number of hydrogen-bond donors (Lipinski definition) is 0. The molecule has 0 saturated carbocycles. The van der Waals surface area contributed by atoms with Gasteiger partial charge in [-0.05, 0) is 13.8 Å². The summed E-state index contributed by atoms with van der Waals surface area (Å²) in [6.45, 7) is 4.98. The number of morpholine rings is 1. The predicted molar refractivity (Wildman–Crippen MR) is 86.8 cm³/mol. The summed E-state index contributed by atoms with van der Waals surface area (Å²) in [6.07, 6.45) is 0.00697. The van der Waals surface area contributed by atoms with Crippen LogP contribution < -0.4 is 0 Å². The summed E-state index contributed by atoms with van der Waals surface area (Å²) in [5, 5.41) is 17.5. The second-order valence-corrected chi connectivity index (χ2v) is 5.98. The summed E-state index contributed by atoms with van der Waals surface area (Å²) in [6, 6.07) is 11.5. The molecule has 3 rings (SSSR count). The van der Waals surface area contributed by atoms with Crippen LogP contribution in [0, 0.1) is 11.3 Å². The van der Waals surface area contributed by atoms with E-state index < -0.39 is 0 Å². The van der Waals surface area contributed by atoms with E-state index in [4.69, 9.17) is 4.74 Å². The van der Waals surface area contributed by atoms with Crippen LogP contribution in [0.3, 0.4) is 0 Å².